The number of rotatable bonds is 4. The Labute approximate surface area is 110 Å². The smallest absolute Gasteiger partial charge is 0.115 e. The molecule has 1 aliphatic carbocycles. The number of benzene rings is 1. The highest BCUT2D eigenvalue weighted by molar-refractivity contribution is 5.38. The van der Waals surface area contributed by atoms with E-state index in [2.05, 4.69) is 32.2 Å². The Kier molecular flexibility index (Phi) is 4.28. The molecule has 0 radical (unpaired) electrons. The number of aryl methyl sites for hydroxylation is 1. The van der Waals surface area contributed by atoms with Crippen LogP contribution in [-0.2, 0) is 6.42 Å². The summed E-state index contributed by atoms with van der Waals surface area (Å²) in [5, 5.41) is 13.4. The third-order valence-corrected chi connectivity index (χ3v) is 4.41. The van der Waals surface area contributed by atoms with Crippen LogP contribution in [0, 0.1) is 5.92 Å². The summed E-state index contributed by atoms with van der Waals surface area (Å²) in [5.41, 5.74) is 2.70. The SMILES string of the molecule is CCC(C)C(C)NC1CCCc2ccc(O)cc21. The van der Waals surface area contributed by atoms with Gasteiger partial charge >= 0.3 is 0 Å². The largest absolute Gasteiger partial charge is 0.508 e. The maximum atomic E-state index is 9.67. The zero-order valence-corrected chi connectivity index (χ0v) is 11.7. The number of aromatic hydroxyl groups is 1. The van der Waals surface area contributed by atoms with E-state index in [4.69, 9.17) is 0 Å². The van der Waals surface area contributed by atoms with Gasteiger partial charge in [-0.2, -0.15) is 0 Å². The number of nitrogens with one attached hydrogen (secondary N) is 1. The molecule has 0 heterocycles. The molecule has 100 valence electrons. The lowest BCUT2D eigenvalue weighted by atomic mass is 9.86. The maximum absolute atomic E-state index is 9.67. The first-order valence-electron chi connectivity index (χ1n) is 7.19. The molecule has 0 amide bonds. The van der Waals surface area contributed by atoms with Crippen LogP contribution in [0.4, 0.5) is 0 Å². The minimum atomic E-state index is 0.388. The van der Waals surface area contributed by atoms with Gasteiger partial charge in [0.05, 0.1) is 0 Å². The van der Waals surface area contributed by atoms with Crippen LogP contribution in [0.25, 0.3) is 0 Å². The Morgan fingerprint density at radius 2 is 2.17 bits per heavy atom. The van der Waals surface area contributed by atoms with Gasteiger partial charge in [-0.05, 0) is 55.4 Å². The van der Waals surface area contributed by atoms with Gasteiger partial charge in [-0.25, -0.2) is 0 Å². The highest BCUT2D eigenvalue weighted by atomic mass is 16.3. The molecule has 1 aromatic carbocycles. The summed E-state index contributed by atoms with van der Waals surface area (Å²) >= 11 is 0. The lowest BCUT2D eigenvalue weighted by Gasteiger charge is -2.31. The zero-order valence-electron chi connectivity index (χ0n) is 11.7. The first-order valence-corrected chi connectivity index (χ1v) is 7.19. The van der Waals surface area contributed by atoms with Crippen molar-refractivity contribution in [2.24, 2.45) is 5.92 Å². The van der Waals surface area contributed by atoms with Crippen molar-refractivity contribution in [1.82, 2.24) is 5.32 Å². The maximum Gasteiger partial charge on any atom is 0.115 e. The minimum absolute atomic E-state index is 0.388. The Hall–Kier alpha value is -1.02. The van der Waals surface area contributed by atoms with E-state index in [1.165, 1.54) is 30.4 Å². The first kappa shape index (κ1) is 13.4. The van der Waals surface area contributed by atoms with Crippen molar-refractivity contribution in [2.45, 2.75) is 58.5 Å². The standard InChI is InChI=1S/C16H25NO/c1-4-11(2)12(3)17-16-7-5-6-13-8-9-14(18)10-15(13)16/h8-12,16-18H,4-7H2,1-3H3. The average Bonchev–Trinajstić information content (AvgIpc) is 2.38. The van der Waals surface area contributed by atoms with Gasteiger partial charge in [0.15, 0.2) is 0 Å². The van der Waals surface area contributed by atoms with E-state index in [-0.39, 0.29) is 0 Å². The van der Waals surface area contributed by atoms with E-state index < -0.39 is 0 Å². The topological polar surface area (TPSA) is 32.3 Å². The molecule has 2 rings (SSSR count). The average molecular weight is 247 g/mol. The normalized spacial score (nSPS) is 22.3. The number of fused-ring (bicyclic) bond motifs is 1. The predicted molar refractivity (Wildman–Crippen MR) is 75.8 cm³/mol. The summed E-state index contributed by atoms with van der Waals surface area (Å²) in [5.74, 6) is 1.08. The van der Waals surface area contributed by atoms with Gasteiger partial charge in [0, 0.05) is 12.1 Å². The Bertz CT molecular complexity index is 402. The fraction of sp³-hybridized carbons (Fsp3) is 0.625. The van der Waals surface area contributed by atoms with Crippen LogP contribution in [-0.4, -0.2) is 11.1 Å². The number of phenols is 1. The first-order chi connectivity index (χ1) is 8.61. The minimum Gasteiger partial charge on any atom is -0.508 e. The molecule has 0 aliphatic heterocycles. The third kappa shape index (κ3) is 2.86. The Morgan fingerprint density at radius 3 is 2.89 bits per heavy atom. The fourth-order valence-corrected chi connectivity index (χ4v) is 2.79. The van der Waals surface area contributed by atoms with Crippen molar-refractivity contribution < 1.29 is 5.11 Å². The monoisotopic (exact) mass is 247 g/mol. The predicted octanol–water partition coefficient (Wildman–Crippen LogP) is 3.79. The summed E-state index contributed by atoms with van der Waals surface area (Å²) in [7, 11) is 0. The van der Waals surface area contributed by atoms with E-state index in [0.717, 1.165) is 6.42 Å². The van der Waals surface area contributed by atoms with Gasteiger partial charge in [0.1, 0.15) is 5.75 Å². The molecule has 3 unspecified atom stereocenters. The fourth-order valence-electron chi connectivity index (χ4n) is 2.79. The van der Waals surface area contributed by atoms with E-state index >= 15 is 0 Å². The molecule has 2 N–H and O–H groups in total. The van der Waals surface area contributed by atoms with Crippen molar-refractivity contribution in [3.63, 3.8) is 0 Å². The number of hydrogen-bond acceptors (Lipinski definition) is 2. The molecule has 2 heteroatoms. The molecule has 18 heavy (non-hydrogen) atoms. The van der Waals surface area contributed by atoms with Crippen LogP contribution in [0.5, 0.6) is 5.75 Å². The molecule has 0 saturated heterocycles. The second-order valence-corrected chi connectivity index (χ2v) is 5.67. The molecular weight excluding hydrogens is 222 g/mol. The van der Waals surface area contributed by atoms with Crippen LogP contribution < -0.4 is 5.32 Å². The molecule has 3 atom stereocenters. The second kappa shape index (κ2) is 5.75. The summed E-state index contributed by atoms with van der Waals surface area (Å²) in [6, 6.07) is 6.75. The second-order valence-electron chi connectivity index (χ2n) is 5.67. The highest BCUT2D eigenvalue weighted by Gasteiger charge is 2.23. The van der Waals surface area contributed by atoms with Crippen LogP contribution in [0.2, 0.25) is 0 Å². The molecule has 0 spiro atoms. The van der Waals surface area contributed by atoms with Crippen LogP contribution in [0.15, 0.2) is 18.2 Å². The van der Waals surface area contributed by atoms with Crippen molar-refractivity contribution >= 4 is 0 Å². The molecule has 1 aromatic rings. The Balaban J connectivity index is 2.14. The van der Waals surface area contributed by atoms with Crippen molar-refractivity contribution in [3.8, 4) is 5.75 Å². The van der Waals surface area contributed by atoms with Crippen LogP contribution >= 0.6 is 0 Å². The molecule has 2 nitrogen and oxygen atoms in total. The van der Waals surface area contributed by atoms with E-state index in [1.807, 2.05) is 6.07 Å². The van der Waals surface area contributed by atoms with E-state index in [1.54, 1.807) is 6.07 Å². The zero-order chi connectivity index (χ0) is 13.1. The quantitative estimate of drug-likeness (QED) is 0.848. The van der Waals surface area contributed by atoms with Crippen molar-refractivity contribution in [2.75, 3.05) is 0 Å². The highest BCUT2D eigenvalue weighted by Crippen LogP contribution is 2.32. The van der Waals surface area contributed by atoms with Gasteiger partial charge in [0.25, 0.3) is 0 Å². The third-order valence-electron chi connectivity index (χ3n) is 4.41. The van der Waals surface area contributed by atoms with Gasteiger partial charge in [-0.1, -0.05) is 26.3 Å². The lowest BCUT2D eigenvalue weighted by Crippen LogP contribution is -2.36. The Morgan fingerprint density at radius 1 is 1.39 bits per heavy atom. The van der Waals surface area contributed by atoms with Crippen molar-refractivity contribution in [1.29, 1.82) is 0 Å². The summed E-state index contributed by atoms with van der Waals surface area (Å²) in [6.45, 7) is 6.80. The molecule has 0 aromatic heterocycles. The summed E-state index contributed by atoms with van der Waals surface area (Å²) in [4.78, 5) is 0. The molecule has 0 bridgehead atoms. The van der Waals surface area contributed by atoms with Gasteiger partial charge in [-0.15, -0.1) is 0 Å². The molecule has 0 saturated carbocycles. The number of hydrogen-bond donors (Lipinski definition) is 2. The molecule has 1 aliphatic rings. The van der Waals surface area contributed by atoms with E-state index in [9.17, 15) is 5.11 Å². The number of phenolic OH excluding ortho intramolecular Hbond substituents is 1. The van der Waals surface area contributed by atoms with Crippen LogP contribution in [0.1, 0.15) is 57.2 Å². The summed E-state index contributed by atoms with van der Waals surface area (Å²) < 4.78 is 0. The molecular formula is C16H25NO. The van der Waals surface area contributed by atoms with Crippen LogP contribution in [0.3, 0.4) is 0 Å². The molecule has 0 fully saturated rings. The van der Waals surface area contributed by atoms with Gasteiger partial charge in [-0.3, -0.25) is 0 Å². The summed E-state index contributed by atoms with van der Waals surface area (Å²) in [6.07, 6.45) is 4.76. The lowest BCUT2D eigenvalue weighted by molar-refractivity contribution is 0.329. The van der Waals surface area contributed by atoms with E-state index in [0.29, 0.717) is 23.8 Å². The van der Waals surface area contributed by atoms with Gasteiger partial charge < -0.3 is 10.4 Å². The van der Waals surface area contributed by atoms with Gasteiger partial charge in [0.2, 0.25) is 0 Å². The van der Waals surface area contributed by atoms with Crippen molar-refractivity contribution in [3.05, 3.63) is 29.3 Å².